The van der Waals surface area contributed by atoms with Gasteiger partial charge in [-0.2, -0.15) is 0 Å². The van der Waals surface area contributed by atoms with Crippen molar-refractivity contribution in [2.75, 3.05) is 41.3 Å². The molecule has 5 rings (SSSR count). The van der Waals surface area contributed by atoms with E-state index in [9.17, 15) is 34.2 Å². The van der Waals surface area contributed by atoms with E-state index in [2.05, 4.69) is 4.98 Å². The predicted molar refractivity (Wildman–Crippen MR) is 282 cm³/mol. The van der Waals surface area contributed by atoms with E-state index in [1.807, 2.05) is 75.2 Å². The van der Waals surface area contributed by atoms with Gasteiger partial charge >= 0.3 is 23.9 Å². The van der Waals surface area contributed by atoms with Crippen molar-refractivity contribution in [1.29, 1.82) is 0 Å². The average Bonchev–Trinajstić information content (AvgIpc) is 3.35. The maximum Gasteiger partial charge on any atom is 0.309 e. The number of fused-ring (bicyclic) bond motifs is 1. The zero-order valence-electron chi connectivity index (χ0n) is 46.9. The van der Waals surface area contributed by atoms with E-state index >= 15 is 0 Å². The summed E-state index contributed by atoms with van der Waals surface area (Å²) < 4.78 is 56.8. The van der Waals surface area contributed by atoms with Crippen LogP contribution in [0.1, 0.15) is 125 Å². The summed E-state index contributed by atoms with van der Waals surface area (Å²) in [6.45, 7) is 15.0. The summed E-state index contributed by atoms with van der Waals surface area (Å²) in [6, 6.07) is 9.03. The molecule has 426 valence electrons. The molecule has 1 aromatic carbocycles. The topological polar surface area (TPSA) is 228 Å². The standard InChI is InChI=1S/C57H87N3O16/c1-13-45(63)72-44-30-48(66)71-41(21-17-19-38-29-39-20-15-16-23-42(39)58-32-38)22-18-25-60(11)33-43(62)35(5)28-40(24-26-61)53(54(44)68-12)75-56-51(67)50(59(9)10)52(36(6)70-56)74-49-31-57(8,76-46(64)14-2)55(37(7)69-49)73-47(65)27-34(3)4/h15-17,19-20,23,26,29,32,34-37,40-41,43-44,49-56,62,67H,13-14,18,21-22,24-25,27-28,30-31,33H2,1-12H3/b19-17+/t35-,36?,37?,40+,41+,43+,44-,49+,50?,51?,52-,53+,54+,55+,56+,57?/m1/s1. The number of β-amino-alcohol motifs (C(OH)–C–C–N with tert-alkyl or cyclic N) is 1. The molecule has 0 radical (unpaired) electrons. The molecule has 0 saturated carbocycles. The zero-order valence-corrected chi connectivity index (χ0v) is 46.9. The number of carbonyl (C=O) groups is 5. The van der Waals surface area contributed by atoms with Crippen LogP contribution in [0.3, 0.4) is 0 Å². The number of hydrogen-bond donors (Lipinski definition) is 2. The maximum absolute atomic E-state index is 14.2. The van der Waals surface area contributed by atoms with Crippen LogP contribution < -0.4 is 0 Å². The smallest absolute Gasteiger partial charge is 0.309 e. The Morgan fingerprint density at radius 3 is 2.36 bits per heavy atom. The van der Waals surface area contributed by atoms with Crippen LogP contribution in [0.4, 0.5) is 0 Å². The highest BCUT2D eigenvalue weighted by Crippen LogP contribution is 2.40. The van der Waals surface area contributed by atoms with Gasteiger partial charge in [0.25, 0.3) is 0 Å². The number of nitrogens with zero attached hydrogens (tertiary/aromatic N) is 3. The van der Waals surface area contributed by atoms with Gasteiger partial charge in [-0.25, -0.2) is 0 Å². The number of pyridine rings is 1. The number of methoxy groups -OCH3 is 1. The van der Waals surface area contributed by atoms with Crippen LogP contribution in [-0.4, -0.2) is 182 Å². The number of carbonyl (C=O) groups excluding carboxylic acids is 5. The van der Waals surface area contributed by atoms with Crippen LogP contribution >= 0.6 is 0 Å². The molecule has 19 heteroatoms. The molecule has 0 spiro atoms. The average molecular weight is 1070 g/mol. The minimum absolute atomic E-state index is 0.0202. The van der Waals surface area contributed by atoms with Crippen molar-refractivity contribution in [1.82, 2.24) is 14.8 Å². The van der Waals surface area contributed by atoms with Crippen molar-refractivity contribution in [3.8, 4) is 0 Å². The zero-order chi connectivity index (χ0) is 55.9. The molecule has 16 atom stereocenters. The van der Waals surface area contributed by atoms with E-state index in [0.717, 1.165) is 22.8 Å². The number of likely N-dealkylation sites (N-methyl/N-ethyl adjacent to an activating group) is 2. The molecule has 2 aromatic rings. The summed E-state index contributed by atoms with van der Waals surface area (Å²) in [5, 5.41) is 25.1. The van der Waals surface area contributed by atoms with E-state index < -0.39 is 127 Å². The third kappa shape index (κ3) is 17.5. The van der Waals surface area contributed by atoms with Gasteiger partial charge in [0, 0.05) is 63.8 Å². The largest absolute Gasteiger partial charge is 0.462 e. The Kier molecular flexibility index (Phi) is 24.2. The molecular formula is C57H87N3O16. The first-order chi connectivity index (χ1) is 36.1. The van der Waals surface area contributed by atoms with E-state index in [1.165, 1.54) is 7.11 Å². The van der Waals surface area contributed by atoms with Crippen LogP contribution in [-0.2, 0) is 66.6 Å². The molecule has 5 unspecified atom stereocenters. The van der Waals surface area contributed by atoms with Gasteiger partial charge in [0.1, 0.15) is 36.8 Å². The minimum atomic E-state index is -1.45. The number of hydrogen-bond acceptors (Lipinski definition) is 19. The first-order valence-corrected chi connectivity index (χ1v) is 27.2. The first-order valence-electron chi connectivity index (χ1n) is 27.2. The highest BCUT2D eigenvalue weighted by atomic mass is 16.7. The third-order valence-corrected chi connectivity index (χ3v) is 14.7. The monoisotopic (exact) mass is 1070 g/mol. The van der Waals surface area contributed by atoms with Gasteiger partial charge in [-0.15, -0.1) is 0 Å². The molecule has 0 amide bonds. The number of benzene rings is 1. The number of aromatic nitrogens is 1. The van der Waals surface area contributed by atoms with Gasteiger partial charge in [-0.3, -0.25) is 24.2 Å². The Balaban J connectivity index is 1.45. The van der Waals surface area contributed by atoms with Gasteiger partial charge in [0.05, 0.1) is 42.4 Å². The molecule has 0 bridgehead atoms. The predicted octanol–water partition coefficient (Wildman–Crippen LogP) is 6.21. The van der Waals surface area contributed by atoms with Gasteiger partial charge in [0.15, 0.2) is 24.3 Å². The van der Waals surface area contributed by atoms with Crippen LogP contribution in [0.2, 0.25) is 0 Å². The molecule has 0 aliphatic carbocycles. The Morgan fingerprint density at radius 1 is 0.961 bits per heavy atom. The summed E-state index contributed by atoms with van der Waals surface area (Å²) >= 11 is 0. The minimum Gasteiger partial charge on any atom is -0.462 e. The lowest BCUT2D eigenvalue weighted by Crippen LogP contribution is -2.66. The highest BCUT2D eigenvalue weighted by Gasteiger charge is 2.55. The number of aliphatic hydroxyl groups excluding tert-OH is 2. The lowest BCUT2D eigenvalue weighted by Gasteiger charge is -2.51. The Morgan fingerprint density at radius 2 is 1.68 bits per heavy atom. The fourth-order valence-electron chi connectivity index (χ4n) is 10.7. The number of cyclic esters (lactones) is 1. The second-order valence-corrected chi connectivity index (χ2v) is 21.8. The summed E-state index contributed by atoms with van der Waals surface area (Å²) in [5.74, 6) is -3.31. The summed E-state index contributed by atoms with van der Waals surface area (Å²) in [7, 11) is 6.82. The Labute approximate surface area is 449 Å². The van der Waals surface area contributed by atoms with Gasteiger partial charge in [-0.1, -0.05) is 65.0 Å². The summed E-state index contributed by atoms with van der Waals surface area (Å²) in [6.07, 6.45) is -4.58. The maximum atomic E-state index is 14.2. The van der Waals surface area contributed by atoms with E-state index in [-0.39, 0.29) is 44.4 Å². The fourth-order valence-corrected chi connectivity index (χ4v) is 10.7. The van der Waals surface area contributed by atoms with Crippen LogP contribution in [0.5, 0.6) is 0 Å². The van der Waals surface area contributed by atoms with Gasteiger partial charge < -0.3 is 67.4 Å². The van der Waals surface area contributed by atoms with E-state index in [0.29, 0.717) is 32.4 Å². The van der Waals surface area contributed by atoms with Crippen molar-refractivity contribution in [2.45, 2.75) is 205 Å². The molecule has 3 aliphatic heterocycles. The van der Waals surface area contributed by atoms with Crippen molar-refractivity contribution >= 4 is 47.1 Å². The van der Waals surface area contributed by atoms with Gasteiger partial charge in [-0.05, 0) is 103 Å². The molecule has 2 N–H and O–H groups in total. The number of aliphatic hydroxyl groups is 2. The van der Waals surface area contributed by atoms with Crippen LogP contribution in [0.15, 0.2) is 42.6 Å². The lowest BCUT2D eigenvalue weighted by atomic mass is 9.82. The number of aldehydes is 1. The third-order valence-electron chi connectivity index (χ3n) is 14.7. The second-order valence-electron chi connectivity index (χ2n) is 21.8. The molecule has 3 saturated heterocycles. The van der Waals surface area contributed by atoms with Gasteiger partial charge in [0.2, 0.25) is 0 Å². The molecule has 76 heavy (non-hydrogen) atoms. The van der Waals surface area contributed by atoms with E-state index in [1.54, 1.807) is 59.8 Å². The molecule has 3 aliphatic rings. The Bertz CT molecular complexity index is 2210. The molecule has 4 heterocycles. The number of para-hydroxylation sites is 1. The lowest BCUT2D eigenvalue weighted by molar-refractivity contribution is -0.344. The molecular weight excluding hydrogens is 983 g/mol. The van der Waals surface area contributed by atoms with E-state index in [4.69, 9.17) is 42.6 Å². The van der Waals surface area contributed by atoms with Crippen molar-refractivity contribution < 1.29 is 76.8 Å². The van der Waals surface area contributed by atoms with Crippen LogP contribution in [0.25, 0.3) is 17.0 Å². The highest BCUT2D eigenvalue weighted by molar-refractivity contribution is 5.80. The quantitative estimate of drug-likeness (QED) is 0.0961. The summed E-state index contributed by atoms with van der Waals surface area (Å²) in [5.41, 5.74) is 0.420. The molecule has 1 aromatic heterocycles. The second kappa shape index (κ2) is 29.5. The molecule has 3 fully saturated rings. The normalized spacial score (nSPS) is 33.7. The fraction of sp³-hybridized carbons (Fsp3) is 0.719. The van der Waals surface area contributed by atoms with Crippen LogP contribution in [0, 0.1) is 17.8 Å². The Hall–Kier alpha value is -4.44. The first kappa shape index (κ1) is 62.4. The van der Waals surface area contributed by atoms with Crippen molar-refractivity contribution in [3.63, 3.8) is 0 Å². The number of rotatable bonds is 18. The van der Waals surface area contributed by atoms with Crippen molar-refractivity contribution in [3.05, 3.63) is 48.2 Å². The van der Waals surface area contributed by atoms with Crippen molar-refractivity contribution in [2.24, 2.45) is 17.8 Å². The SMILES string of the molecule is CCC(=O)O[C@@H]1CC(=O)O[C@@H](C/C=C/c2cnc3ccccc3c2)CCCN(C)C[C@H](O)[C@H](C)C[C@H](CC=O)[C@H](O[C@@H]2OC(C)[C@@H](O[C@H]3CC(C)(OC(=O)CC)[C@@H](OC(=O)CC(C)C)C(C)O3)C(N(C)C)C2O)[C@H]1OC. The number of esters is 4. The summed E-state index contributed by atoms with van der Waals surface area (Å²) in [4.78, 5) is 74.4. The number of ether oxygens (including phenoxy) is 9. The molecule has 19 nitrogen and oxygen atoms in total.